The number of benzene rings is 3. The SMILES string of the molecule is Cc1cccc(-c2nc3ccccc3c3nc4ccccc4n23)c1. The molecule has 3 nitrogen and oxygen atoms in total. The van der Waals surface area contributed by atoms with E-state index in [4.69, 9.17) is 9.97 Å². The number of nitrogens with zero attached hydrogens (tertiary/aromatic N) is 3. The van der Waals surface area contributed by atoms with Gasteiger partial charge in [0.2, 0.25) is 0 Å². The van der Waals surface area contributed by atoms with Crippen LogP contribution in [0.5, 0.6) is 0 Å². The second-order valence-corrected chi connectivity index (χ2v) is 6.08. The Kier molecular flexibility index (Phi) is 2.71. The van der Waals surface area contributed by atoms with E-state index in [0.29, 0.717) is 0 Å². The molecule has 0 amide bonds. The molecule has 0 radical (unpaired) electrons. The molecule has 0 saturated carbocycles. The summed E-state index contributed by atoms with van der Waals surface area (Å²) >= 11 is 0. The molecule has 2 aromatic heterocycles. The Bertz CT molecular complexity index is 1220. The average Bonchev–Trinajstić information content (AvgIpc) is 3.01. The molecule has 0 bridgehead atoms. The van der Waals surface area contributed by atoms with E-state index < -0.39 is 0 Å². The number of hydrogen-bond acceptors (Lipinski definition) is 2. The number of imidazole rings is 1. The summed E-state index contributed by atoms with van der Waals surface area (Å²) in [5.74, 6) is 0.932. The molecule has 0 spiro atoms. The number of aromatic nitrogens is 3. The number of fused-ring (bicyclic) bond motifs is 5. The maximum absolute atomic E-state index is 4.96. The highest BCUT2D eigenvalue weighted by Crippen LogP contribution is 2.29. The molecule has 0 aliphatic heterocycles. The minimum absolute atomic E-state index is 0.932. The third-order valence-electron chi connectivity index (χ3n) is 4.42. The van der Waals surface area contributed by atoms with Crippen molar-refractivity contribution in [1.82, 2.24) is 14.4 Å². The Morgan fingerprint density at radius 2 is 1.54 bits per heavy atom. The van der Waals surface area contributed by atoms with Gasteiger partial charge in [-0.3, -0.25) is 4.40 Å². The molecule has 0 unspecified atom stereocenters. The Hall–Kier alpha value is -3.20. The van der Waals surface area contributed by atoms with Gasteiger partial charge in [0.1, 0.15) is 11.5 Å². The largest absolute Gasteiger partial charge is 0.276 e. The Morgan fingerprint density at radius 1 is 0.750 bits per heavy atom. The van der Waals surface area contributed by atoms with Gasteiger partial charge in [-0.25, -0.2) is 9.97 Å². The molecule has 2 heterocycles. The highest BCUT2D eigenvalue weighted by molar-refractivity contribution is 5.98. The Morgan fingerprint density at radius 3 is 2.42 bits per heavy atom. The first kappa shape index (κ1) is 13.3. The van der Waals surface area contributed by atoms with Crippen LogP contribution < -0.4 is 0 Å². The summed E-state index contributed by atoms with van der Waals surface area (Å²) in [6.07, 6.45) is 0. The van der Waals surface area contributed by atoms with Gasteiger partial charge in [0.15, 0.2) is 0 Å². The van der Waals surface area contributed by atoms with Crippen LogP contribution in [0.2, 0.25) is 0 Å². The molecule has 5 rings (SSSR count). The zero-order chi connectivity index (χ0) is 16.1. The summed E-state index contributed by atoms with van der Waals surface area (Å²) in [7, 11) is 0. The Labute approximate surface area is 139 Å². The summed E-state index contributed by atoms with van der Waals surface area (Å²) in [4.78, 5) is 9.83. The van der Waals surface area contributed by atoms with Crippen LogP contribution in [0, 0.1) is 6.92 Å². The van der Waals surface area contributed by atoms with Crippen LogP contribution in [0.3, 0.4) is 0 Å². The van der Waals surface area contributed by atoms with Gasteiger partial charge in [0.05, 0.1) is 16.6 Å². The third kappa shape index (κ3) is 1.85. The second kappa shape index (κ2) is 4.90. The Balaban J connectivity index is 2.04. The molecule has 114 valence electrons. The summed E-state index contributed by atoms with van der Waals surface area (Å²) in [5, 5.41) is 1.07. The molecule has 3 heteroatoms. The molecule has 3 aromatic carbocycles. The predicted octanol–water partition coefficient (Wildman–Crippen LogP) is 5.01. The van der Waals surface area contributed by atoms with Gasteiger partial charge >= 0.3 is 0 Å². The van der Waals surface area contributed by atoms with Crippen molar-refractivity contribution in [3.63, 3.8) is 0 Å². The van der Waals surface area contributed by atoms with Crippen LogP contribution in [-0.2, 0) is 0 Å². The van der Waals surface area contributed by atoms with Gasteiger partial charge in [0.25, 0.3) is 0 Å². The lowest BCUT2D eigenvalue weighted by atomic mass is 10.1. The normalized spacial score (nSPS) is 11.5. The summed E-state index contributed by atoms with van der Waals surface area (Å²) in [5.41, 5.74) is 6.33. The van der Waals surface area contributed by atoms with Crippen LogP contribution in [0.15, 0.2) is 72.8 Å². The van der Waals surface area contributed by atoms with Crippen LogP contribution in [0.4, 0.5) is 0 Å². The summed E-state index contributed by atoms with van der Waals surface area (Å²) in [6.45, 7) is 2.10. The number of hydrogen-bond donors (Lipinski definition) is 0. The molecule has 5 aromatic rings. The molecule has 0 N–H and O–H groups in total. The molecule has 0 atom stereocenters. The predicted molar refractivity (Wildman–Crippen MR) is 98.2 cm³/mol. The van der Waals surface area contributed by atoms with Crippen molar-refractivity contribution in [1.29, 1.82) is 0 Å². The molecular weight excluding hydrogens is 294 g/mol. The fourth-order valence-corrected chi connectivity index (χ4v) is 3.32. The van der Waals surface area contributed by atoms with Gasteiger partial charge < -0.3 is 0 Å². The van der Waals surface area contributed by atoms with Crippen molar-refractivity contribution < 1.29 is 0 Å². The average molecular weight is 309 g/mol. The van der Waals surface area contributed by atoms with E-state index >= 15 is 0 Å². The topological polar surface area (TPSA) is 30.2 Å². The van der Waals surface area contributed by atoms with E-state index in [0.717, 1.165) is 39.0 Å². The smallest absolute Gasteiger partial charge is 0.149 e. The molecule has 0 aliphatic carbocycles. The van der Waals surface area contributed by atoms with E-state index in [2.05, 4.69) is 53.8 Å². The van der Waals surface area contributed by atoms with Crippen molar-refractivity contribution in [2.24, 2.45) is 0 Å². The van der Waals surface area contributed by atoms with Crippen LogP contribution in [0.1, 0.15) is 5.56 Å². The zero-order valence-electron chi connectivity index (χ0n) is 13.3. The van der Waals surface area contributed by atoms with Crippen LogP contribution in [-0.4, -0.2) is 14.4 Å². The molecule has 0 saturated heterocycles. The maximum atomic E-state index is 4.96. The highest BCUT2D eigenvalue weighted by Gasteiger charge is 2.14. The minimum atomic E-state index is 0.932. The van der Waals surface area contributed by atoms with E-state index in [-0.39, 0.29) is 0 Å². The molecule has 24 heavy (non-hydrogen) atoms. The number of rotatable bonds is 1. The van der Waals surface area contributed by atoms with Gasteiger partial charge in [0, 0.05) is 10.9 Å². The van der Waals surface area contributed by atoms with E-state index in [1.807, 2.05) is 30.3 Å². The van der Waals surface area contributed by atoms with Crippen molar-refractivity contribution in [3.8, 4) is 11.4 Å². The molecule has 0 fully saturated rings. The number of para-hydroxylation sites is 3. The maximum Gasteiger partial charge on any atom is 0.149 e. The van der Waals surface area contributed by atoms with Crippen molar-refractivity contribution in [3.05, 3.63) is 78.4 Å². The second-order valence-electron chi connectivity index (χ2n) is 6.08. The first-order chi connectivity index (χ1) is 11.8. The fourth-order valence-electron chi connectivity index (χ4n) is 3.32. The van der Waals surface area contributed by atoms with Gasteiger partial charge in [-0.2, -0.15) is 0 Å². The van der Waals surface area contributed by atoms with Gasteiger partial charge in [-0.15, -0.1) is 0 Å². The van der Waals surface area contributed by atoms with Gasteiger partial charge in [-0.05, 0) is 37.3 Å². The van der Waals surface area contributed by atoms with E-state index in [1.165, 1.54) is 5.56 Å². The molecular formula is C21H15N3. The standard InChI is InChI=1S/C21H15N3/c1-14-7-6-8-15(13-14)20-22-17-10-3-2-9-16(17)21-23-18-11-4-5-12-19(18)24(20)21/h2-13H,1H3. The third-order valence-corrected chi connectivity index (χ3v) is 4.42. The lowest BCUT2D eigenvalue weighted by Crippen LogP contribution is -1.98. The molecule has 0 aliphatic rings. The quantitative estimate of drug-likeness (QED) is 0.435. The van der Waals surface area contributed by atoms with Crippen molar-refractivity contribution >= 4 is 27.6 Å². The van der Waals surface area contributed by atoms with Crippen molar-refractivity contribution in [2.45, 2.75) is 6.92 Å². The van der Waals surface area contributed by atoms with Crippen molar-refractivity contribution in [2.75, 3.05) is 0 Å². The van der Waals surface area contributed by atoms with Crippen LogP contribution in [0.25, 0.3) is 39.0 Å². The fraction of sp³-hybridized carbons (Fsp3) is 0.0476. The monoisotopic (exact) mass is 309 g/mol. The van der Waals surface area contributed by atoms with Crippen LogP contribution >= 0.6 is 0 Å². The summed E-state index contributed by atoms with van der Waals surface area (Å²) in [6, 6.07) is 24.9. The number of aryl methyl sites for hydroxylation is 1. The van der Waals surface area contributed by atoms with E-state index in [1.54, 1.807) is 0 Å². The van der Waals surface area contributed by atoms with Gasteiger partial charge in [-0.1, -0.05) is 48.0 Å². The minimum Gasteiger partial charge on any atom is -0.276 e. The zero-order valence-corrected chi connectivity index (χ0v) is 13.3. The first-order valence-electron chi connectivity index (χ1n) is 8.04. The summed E-state index contributed by atoms with van der Waals surface area (Å²) < 4.78 is 2.17. The first-order valence-corrected chi connectivity index (χ1v) is 8.04. The highest BCUT2D eigenvalue weighted by atomic mass is 15.1. The lowest BCUT2D eigenvalue weighted by Gasteiger charge is -2.09. The van der Waals surface area contributed by atoms with E-state index in [9.17, 15) is 0 Å². The lowest BCUT2D eigenvalue weighted by molar-refractivity contribution is 1.16.